The van der Waals surface area contributed by atoms with Gasteiger partial charge in [0, 0.05) is 25.5 Å². The van der Waals surface area contributed by atoms with Gasteiger partial charge < -0.3 is 20.0 Å². The molecule has 0 aliphatic carbocycles. The van der Waals surface area contributed by atoms with Crippen LogP contribution in [0.1, 0.15) is 12.8 Å². The number of rotatable bonds is 2. The van der Waals surface area contributed by atoms with Crippen molar-refractivity contribution in [2.45, 2.75) is 37.3 Å². The second kappa shape index (κ2) is 10.6. The maximum Gasteiger partial charge on any atom is 0.490 e. The molecule has 0 radical (unpaired) electrons. The van der Waals surface area contributed by atoms with Crippen LogP contribution in [0.15, 0.2) is 24.0 Å². The minimum atomic E-state index is -5.08. The summed E-state index contributed by atoms with van der Waals surface area (Å²) in [5, 5.41) is 23.4. The summed E-state index contributed by atoms with van der Waals surface area (Å²) in [5.41, 5.74) is 1.80. The molecule has 0 unspecified atom stereocenters. The van der Waals surface area contributed by atoms with Crippen molar-refractivity contribution in [3.63, 3.8) is 0 Å². The number of aliphatic carboxylic acids is 2. The van der Waals surface area contributed by atoms with Crippen molar-refractivity contribution in [3.8, 4) is 0 Å². The van der Waals surface area contributed by atoms with Gasteiger partial charge in [0.05, 0.1) is 12.1 Å². The summed E-state index contributed by atoms with van der Waals surface area (Å²) in [5.74, 6) is -4.66. The van der Waals surface area contributed by atoms with Crippen molar-refractivity contribution < 1.29 is 46.1 Å². The number of fused-ring (bicyclic) bond motifs is 1. The Morgan fingerprint density at radius 2 is 1.36 bits per heavy atom. The molecular formula is C16H16F6N6O4S. The molecule has 0 amide bonds. The summed E-state index contributed by atoms with van der Waals surface area (Å²) in [6.45, 7) is 2.07. The average molecular weight is 502 g/mol. The lowest BCUT2D eigenvalue weighted by atomic mass is 10.1. The Balaban J connectivity index is 0.000000230. The quantitative estimate of drug-likeness (QED) is 0.590. The average Bonchev–Trinajstić information content (AvgIpc) is 3.46. The summed E-state index contributed by atoms with van der Waals surface area (Å²) < 4.78 is 63.5. The summed E-state index contributed by atoms with van der Waals surface area (Å²) in [6.07, 6.45) is -4.26. The van der Waals surface area contributed by atoms with Crippen LogP contribution >= 0.6 is 11.3 Å². The molecule has 2 saturated heterocycles. The number of carboxylic acid groups (broad SMARTS) is 2. The fourth-order valence-corrected chi connectivity index (χ4v) is 3.85. The highest BCUT2D eigenvalue weighted by Crippen LogP contribution is 2.36. The van der Waals surface area contributed by atoms with E-state index in [2.05, 4.69) is 30.0 Å². The molecule has 2 aromatic rings. The van der Waals surface area contributed by atoms with E-state index in [1.807, 2.05) is 18.5 Å². The number of anilines is 2. The van der Waals surface area contributed by atoms with E-state index in [9.17, 15) is 26.3 Å². The van der Waals surface area contributed by atoms with Crippen LogP contribution in [0.3, 0.4) is 0 Å². The molecule has 33 heavy (non-hydrogen) atoms. The largest absolute Gasteiger partial charge is 0.490 e. The first-order chi connectivity index (χ1) is 15.3. The lowest BCUT2D eigenvalue weighted by Gasteiger charge is -2.24. The smallest absolute Gasteiger partial charge is 0.475 e. The first-order valence-corrected chi connectivity index (χ1v) is 9.87. The van der Waals surface area contributed by atoms with Gasteiger partial charge >= 0.3 is 24.3 Å². The van der Waals surface area contributed by atoms with Crippen molar-refractivity contribution in [1.29, 1.82) is 0 Å². The van der Waals surface area contributed by atoms with Crippen LogP contribution in [0.4, 0.5) is 37.4 Å². The van der Waals surface area contributed by atoms with E-state index < -0.39 is 24.3 Å². The van der Waals surface area contributed by atoms with Gasteiger partial charge in [-0.05, 0) is 18.9 Å². The summed E-state index contributed by atoms with van der Waals surface area (Å²) >= 11 is 1.62. The fraction of sp³-hybridized carbons (Fsp3) is 0.500. The zero-order valence-corrected chi connectivity index (χ0v) is 17.2. The topological polar surface area (TPSA) is 133 Å². The molecule has 0 spiro atoms. The molecule has 4 heterocycles. The third kappa shape index (κ3) is 7.13. The van der Waals surface area contributed by atoms with Crippen molar-refractivity contribution in [3.05, 3.63) is 24.0 Å². The highest BCUT2D eigenvalue weighted by Gasteiger charge is 2.44. The number of hydrogen-bond acceptors (Lipinski definition) is 9. The van der Waals surface area contributed by atoms with Crippen LogP contribution in [0.2, 0.25) is 0 Å². The number of aromatic nitrogens is 4. The predicted octanol–water partition coefficient (Wildman–Crippen LogP) is 2.45. The van der Waals surface area contributed by atoms with E-state index >= 15 is 0 Å². The zero-order valence-electron chi connectivity index (χ0n) is 16.4. The van der Waals surface area contributed by atoms with Crippen LogP contribution in [0.25, 0.3) is 0 Å². The Hall–Kier alpha value is -3.24. The Kier molecular flexibility index (Phi) is 8.34. The van der Waals surface area contributed by atoms with Gasteiger partial charge in [-0.1, -0.05) is 11.3 Å². The first-order valence-electron chi connectivity index (χ1n) is 8.99. The number of nitrogens with zero attached hydrogens (tertiary/aromatic N) is 6. The molecule has 4 rings (SSSR count). The Bertz CT molecular complexity index is 890. The number of alkyl halides is 6. The van der Waals surface area contributed by atoms with Gasteiger partial charge in [-0.15, -0.1) is 10.2 Å². The van der Waals surface area contributed by atoms with Crippen molar-refractivity contribution in [2.75, 3.05) is 22.9 Å². The monoisotopic (exact) mass is 502 g/mol. The maximum atomic E-state index is 10.6. The normalized spacial score (nSPS) is 19.7. The lowest BCUT2D eigenvalue weighted by molar-refractivity contribution is -0.193. The molecule has 2 N–H and O–H groups in total. The number of halogens is 6. The van der Waals surface area contributed by atoms with Gasteiger partial charge in [0.25, 0.3) is 0 Å². The number of carbonyl (C=O) groups is 2. The maximum absolute atomic E-state index is 10.6. The van der Waals surface area contributed by atoms with E-state index in [0.29, 0.717) is 12.1 Å². The van der Waals surface area contributed by atoms with Crippen molar-refractivity contribution in [2.24, 2.45) is 0 Å². The fourth-order valence-electron chi connectivity index (χ4n) is 3.20. The van der Waals surface area contributed by atoms with Gasteiger partial charge in [-0.3, -0.25) is 0 Å². The molecule has 2 aliphatic rings. The second-order valence-electron chi connectivity index (χ2n) is 6.47. The first kappa shape index (κ1) is 26.0. The van der Waals surface area contributed by atoms with Crippen LogP contribution < -0.4 is 9.80 Å². The molecule has 182 valence electrons. The highest BCUT2D eigenvalue weighted by molar-refractivity contribution is 7.13. The van der Waals surface area contributed by atoms with Crippen LogP contribution in [-0.2, 0) is 9.59 Å². The number of hydrogen-bond donors (Lipinski definition) is 2. The Morgan fingerprint density at radius 1 is 0.909 bits per heavy atom. The highest BCUT2D eigenvalue weighted by atomic mass is 32.1. The molecule has 2 fully saturated rings. The van der Waals surface area contributed by atoms with E-state index in [1.54, 1.807) is 16.8 Å². The molecule has 2 aromatic heterocycles. The summed E-state index contributed by atoms with van der Waals surface area (Å²) in [6, 6.07) is 2.89. The van der Waals surface area contributed by atoms with Crippen LogP contribution in [-0.4, -0.2) is 79.8 Å². The van der Waals surface area contributed by atoms with Crippen LogP contribution in [0, 0.1) is 0 Å². The number of carboxylic acids is 2. The summed E-state index contributed by atoms with van der Waals surface area (Å²) in [7, 11) is 0. The van der Waals surface area contributed by atoms with Gasteiger partial charge in [-0.25, -0.2) is 19.6 Å². The van der Waals surface area contributed by atoms with Crippen molar-refractivity contribution >= 4 is 34.4 Å². The van der Waals surface area contributed by atoms with Gasteiger partial charge in [-0.2, -0.15) is 26.3 Å². The van der Waals surface area contributed by atoms with E-state index in [4.69, 9.17) is 19.8 Å². The third-order valence-electron chi connectivity index (χ3n) is 4.46. The molecule has 17 heteroatoms. The van der Waals surface area contributed by atoms with E-state index in [1.165, 1.54) is 0 Å². The molecule has 0 saturated carbocycles. The second-order valence-corrected chi connectivity index (χ2v) is 7.29. The third-order valence-corrected chi connectivity index (χ3v) is 5.19. The van der Waals surface area contributed by atoms with Gasteiger partial charge in [0.1, 0.15) is 5.51 Å². The lowest BCUT2D eigenvalue weighted by Crippen LogP contribution is -2.37. The molecule has 2 atom stereocenters. The molecule has 2 aliphatic heterocycles. The Morgan fingerprint density at radius 3 is 1.79 bits per heavy atom. The molecule has 0 bridgehead atoms. The van der Waals surface area contributed by atoms with Gasteiger partial charge in [0.2, 0.25) is 11.1 Å². The predicted molar refractivity (Wildman–Crippen MR) is 101 cm³/mol. The molecule has 0 aromatic carbocycles. The standard InChI is InChI=1S/C12H14N6S.2C2HF3O2/c1-4-13-11(14-5-1)17-6-2-10-9(17)3-7-18(10)12-16-15-8-19-12;2*3-2(4,5)1(6)7/h1,4-5,8-10H,2-3,6-7H2;2*(H,6,7)/t9-,10+;;/m1../s1. The van der Waals surface area contributed by atoms with E-state index in [0.717, 1.165) is 37.0 Å². The van der Waals surface area contributed by atoms with E-state index in [-0.39, 0.29) is 0 Å². The molecular weight excluding hydrogens is 486 g/mol. The van der Waals surface area contributed by atoms with Gasteiger partial charge in [0.15, 0.2) is 0 Å². The minimum Gasteiger partial charge on any atom is -0.475 e. The zero-order chi connectivity index (χ0) is 24.8. The van der Waals surface area contributed by atoms with Crippen LogP contribution in [0.5, 0.6) is 0 Å². The molecule has 10 nitrogen and oxygen atoms in total. The summed E-state index contributed by atoms with van der Waals surface area (Å²) in [4.78, 5) is 31.3. The van der Waals surface area contributed by atoms with Crippen molar-refractivity contribution in [1.82, 2.24) is 20.2 Å². The Labute approximate surface area is 185 Å². The minimum absolute atomic E-state index is 0.506. The SMILES string of the molecule is O=C(O)C(F)(F)F.O=C(O)C(F)(F)F.c1cnc(N2CC[C@H]3[C@H]2CCN3c2nncs2)nc1.